The quantitative estimate of drug-likeness (QED) is 0.423. The first-order valence-corrected chi connectivity index (χ1v) is 11.2. The summed E-state index contributed by atoms with van der Waals surface area (Å²) in [6.07, 6.45) is 0. The molecule has 0 fully saturated rings. The zero-order valence-corrected chi connectivity index (χ0v) is 19.6. The maximum atomic E-state index is 11.7. The van der Waals surface area contributed by atoms with Crippen molar-refractivity contribution in [3.8, 4) is 11.3 Å². The van der Waals surface area contributed by atoms with Crippen LogP contribution in [0.5, 0.6) is 0 Å². The maximum absolute atomic E-state index is 11.7. The third-order valence-electron chi connectivity index (χ3n) is 3.98. The highest BCUT2D eigenvalue weighted by molar-refractivity contribution is 8.93. The Morgan fingerprint density at radius 1 is 1.11 bits per heavy atom. The van der Waals surface area contributed by atoms with Gasteiger partial charge in [0.15, 0.2) is 4.80 Å². The highest BCUT2D eigenvalue weighted by Gasteiger charge is 2.17. The molecule has 1 heterocycles. The Hall–Kier alpha value is -1.12. The number of hydrogen-bond acceptors (Lipinski definition) is 4. The van der Waals surface area contributed by atoms with Crippen LogP contribution in [0.4, 0.5) is 5.69 Å². The molecular formula is C18H17BrCl2N2O2S2. The summed E-state index contributed by atoms with van der Waals surface area (Å²) in [4.78, 5) is 5.43. The Morgan fingerprint density at radius 2 is 1.81 bits per heavy atom. The molecule has 3 rings (SSSR count). The summed E-state index contributed by atoms with van der Waals surface area (Å²) in [6.45, 7) is 4.07. The minimum atomic E-state index is -3.92. The molecule has 0 amide bonds. The van der Waals surface area contributed by atoms with Gasteiger partial charge in [0, 0.05) is 28.7 Å². The Kier molecular flexibility index (Phi) is 6.97. The molecular weight excluding hydrogens is 491 g/mol. The van der Waals surface area contributed by atoms with E-state index in [1.807, 2.05) is 43.0 Å². The molecule has 0 aliphatic carbocycles. The first kappa shape index (κ1) is 22.2. The van der Waals surface area contributed by atoms with Crippen LogP contribution in [0.2, 0.25) is 5.02 Å². The monoisotopic (exact) mass is 506 g/mol. The van der Waals surface area contributed by atoms with E-state index in [9.17, 15) is 8.42 Å². The van der Waals surface area contributed by atoms with Crippen molar-refractivity contribution in [2.45, 2.75) is 18.7 Å². The molecule has 0 spiro atoms. The first-order chi connectivity index (χ1) is 12.2. The van der Waals surface area contributed by atoms with E-state index in [2.05, 4.69) is 6.07 Å². The van der Waals surface area contributed by atoms with E-state index in [1.54, 1.807) is 6.07 Å². The van der Waals surface area contributed by atoms with Crippen LogP contribution in [0.15, 0.2) is 51.7 Å². The van der Waals surface area contributed by atoms with Gasteiger partial charge in [0.05, 0.1) is 16.4 Å². The predicted molar refractivity (Wildman–Crippen MR) is 118 cm³/mol. The lowest BCUT2D eigenvalue weighted by molar-refractivity contribution is 0.609. The molecule has 0 aliphatic rings. The normalized spacial score (nSPS) is 12.1. The summed E-state index contributed by atoms with van der Waals surface area (Å²) in [5, 5.41) is 2.03. The fraction of sp³-hybridized carbons (Fsp3) is 0.167. The third-order valence-corrected chi connectivity index (χ3v) is 6.70. The molecule has 144 valence electrons. The van der Waals surface area contributed by atoms with Crippen LogP contribution in [0.3, 0.4) is 0 Å². The van der Waals surface area contributed by atoms with Gasteiger partial charge in [-0.2, -0.15) is 0 Å². The van der Waals surface area contributed by atoms with Crippen LogP contribution < -0.4 is 4.80 Å². The molecule has 0 bridgehead atoms. The minimum absolute atomic E-state index is 0. The molecule has 3 aromatic rings. The number of halogens is 3. The number of nitrogens with zero attached hydrogens (tertiary/aromatic N) is 2. The fourth-order valence-electron chi connectivity index (χ4n) is 2.62. The van der Waals surface area contributed by atoms with E-state index in [0.29, 0.717) is 5.56 Å². The largest absolute Gasteiger partial charge is 0.320 e. The second-order valence-electron chi connectivity index (χ2n) is 5.95. The lowest BCUT2D eigenvalue weighted by Gasteiger charge is -2.06. The Labute approximate surface area is 182 Å². The summed E-state index contributed by atoms with van der Waals surface area (Å²) < 4.78 is 25.3. The van der Waals surface area contributed by atoms with Gasteiger partial charge in [-0.05, 0) is 37.6 Å². The smallest absolute Gasteiger partial charge is 0.262 e. The SMILES string of the molecule is Br.Cc1ccc(N=c2scc(-c3ccc(Cl)c(S(=O)(=O)Cl)c3)n2C)c(C)c1. The Morgan fingerprint density at radius 3 is 2.44 bits per heavy atom. The van der Waals surface area contributed by atoms with Crippen molar-refractivity contribution in [2.75, 3.05) is 0 Å². The van der Waals surface area contributed by atoms with Crippen LogP contribution in [-0.2, 0) is 16.1 Å². The Bertz CT molecular complexity index is 1170. The number of benzene rings is 2. The highest BCUT2D eigenvalue weighted by Crippen LogP contribution is 2.30. The van der Waals surface area contributed by atoms with Gasteiger partial charge < -0.3 is 4.57 Å². The topological polar surface area (TPSA) is 51.4 Å². The van der Waals surface area contributed by atoms with Crippen molar-refractivity contribution >= 4 is 65.3 Å². The van der Waals surface area contributed by atoms with Crippen LogP contribution in [0.1, 0.15) is 11.1 Å². The molecule has 0 saturated heterocycles. The third kappa shape index (κ3) is 4.84. The standard InChI is InChI=1S/C18H16Cl2N2O2S2.BrH/c1-11-4-7-15(12(2)8-11)21-18-22(3)16(10-25-18)13-5-6-14(19)17(9-13)26(20,23)24;/h4-10H,1-3H3;1H. The average molecular weight is 508 g/mol. The lowest BCUT2D eigenvalue weighted by atomic mass is 10.1. The van der Waals surface area contributed by atoms with Crippen molar-refractivity contribution in [3.63, 3.8) is 0 Å². The number of aryl methyl sites for hydroxylation is 2. The van der Waals surface area contributed by atoms with Gasteiger partial charge in [0.1, 0.15) is 4.90 Å². The van der Waals surface area contributed by atoms with Gasteiger partial charge in [-0.1, -0.05) is 35.4 Å². The Balaban J connectivity index is 0.00000261. The number of rotatable bonds is 3. The van der Waals surface area contributed by atoms with Gasteiger partial charge in [-0.3, -0.25) is 0 Å². The molecule has 0 N–H and O–H groups in total. The molecule has 27 heavy (non-hydrogen) atoms. The van der Waals surface area contributed by atoms with Gasteiger partial charge in [-0.25, -0.2) is 13.4 Å². The van der Waals surface area contributed by atoms with Crippen molar-refractivity contribution in [2.24, 2.45) is 12.0 Å². The molecule has 0 atom stereocenters. The summed E-state index contributed by atoms with van der Waals surface area (Å²) >= 11 is 7.44. The lowest BCUT2D eigenvalue weighted by Crippen LogP contribution is -2.11. The second-order valence-corrected chi connectivity index (χ2v) is 9.73. The molecule has 1 aromatic heterocycles. The van der Waals surface area contributed by atoms with Gasteiger partial charge in [-0.15, -0.1) is 28.3 Å². The first-order valence-electron chi connectivity index (χ1n) is 7.68. The molecule has 0 aliphatic heterocycles. The van der Waals surface area contributed by atoms with E-state index in [-0.39, 0.29) is 26.9 Å². The van der Waals surface area contributed by atoms with Crippen LogP contribution in [0.25, 0.3) is 11.3 Å². The molecule has 0 saturated carbocycles. The van der Waals surface area contributed by atoms with E-state index in [0.717, 1.165) is 21.7 Å². The summed E-state index contributed by atoms with van der Waals surface area (Å²) in [5.41, 5.74) is 4.72. The zero-order chi connectivity index (χ0) is 19.1. The summed E-state index contributed by atoms with van der Waals surface area (Å²) in [5.74, 6) is 0. The van der Waals surface area contributed by atoms with Crippen molar-refractivity contribution in [3.05, 3.63) is 62.7 Å². The van der Waals surface area contributed by atoms with Gasteiger partial charge in [0.2, 0.25) is 0 Å². The van der Waals surface area contributed by atoms with E-state index < -0.39 is 9.05 Å². The summed E-state index contributed by atoms with van der Waals surface area (Å²) in [6, 6.07) is 10.9. The summed E-state index contributed by atoms with van der Waals surface area (Å²) in [7, 11) is 3.44. The van der Waals surface area contributed by atoms with Crippen molar-refractivity contribution in [1.29, 1.82) is 0 Å². The number of thiazole rings is 1. The molecule has 2 aromatic carbocycles. The van der Waals surface area contributed by atoms with Gasteiger partial charge >= 0.3 is 0 Å². The number of hydrogen-bond donors (Lipinski definition) is 0. The fourth-order valence-corrected chi connectivity index (χ4v) is 5.03. The van der Waals surface area contributed by atoms with E-state index >= 15 is 0 Å². The van der Waals surface area contributed by atoms with Crippen molar-refractivity contribution < 1.29 is 8.42 Å². The van der Waals surface area contributed by atoms with E-state index in [4.69, 9.17) is 27.3 Å². The predicted octanol–water partition coefficient (Wildman–Crippen LogP) is 5.76. The maximum Gasteiger partial charge on any atom is 0.262 e. The van der Waals surface area contributed by atoms with Crippen LogP contribution >= 0.6 is 50.6 Å². The van der Waals surface area contributed by atoms with Gasteiger partial charge in [0.25, 0.3) is 9.05 Å². The number of aromatic nitrogens is 1. The second kappa shape index (κ2) is 8.49. The molecule has 9 heteroatoms. The average Bonchev–Trinajstić information content (AvgIpc) is 2.90. The van der Waals surface area contributed by atoms with Crippen molar-refractivity contribution in [1.82, 2.24) is 4.57 Å². The van der Waals surface area contributed by atoms with E-state index in [1.165, 1.54) is 29.0 Å². The molecule has 4 nitrogen and oxygen atoms in total. The molecule has 0 unspecified atom stereocenters. The van der Waals surface area contributed by atoms with Crippen LogP contribution in [-0.4, -0.2) is 13.0 Å². The molecule has 0 radical (unpaired) electrons. The minimum Gasteiger partial charge on any atom is -0.320 e. The highest BCUT2D eigenvalue weighted by atomic mass is 79.9. The van der Waals surface area contributed by atoms with Crippen LogP contribution in [0, 0.1) is 13.8 Å². The zero-order valence-electron chi connectivity index (χ0n) is 14.7.